The zero-order valence-electron chi connectivity index (χ0n) is 10.8. The van der Waals surface area contributed by atoms with Gasteiger partial charge in [0.05, 0.1) is 0 Å². The van der Waals surface area contributed by atoms with Gasteiger partial charge in [-0.05, 0) is 31.7 Å². The Hall–Kier alpha value is -0.0800. The smallest absolute Gasteiger partial charge is 0.0161 e. The fraction of sp³-hybridized carbons (Fsp3) is 1.00. The second kappa shape index (κ2) is 5.13. The molecule has 0 fully saturated rings. The molecule has 0 saturated carbocycles. The van der Waals surface area contributed by atoms with Gasteiger partial charge in [0, 0.05) is 12.1 Å². The molecule has 0 heterocycles. The van der Waals surface area contributed by atoms with Gasteiger partial charge < -0.3 is 11.1 Å². The van der Waals surface area contributed by atoms with Gasteiger partial charge in [-0.3, -0.25) is 0 Å². The quantitative estimate of drug-likeness (QED) is 0.691. The molecule has 0 aliphatic rings. The van der Waals surface area contributed by atoms with Crippen molar-refractivity contribution in [2.45, 2.75) is 53.5 Å². The van der Waals surface area contributed by atoms with Crippen molar-refractivity contribution in [3.63, 3.8) is 0 Å². The maximum Gasteiger partial charge on any atom is 0.0161 e. The molecular formula is C12H28N2. The lowest BCUT2D eigenvalue weighted by Gasteiger charge is -2.39. The summed E-state index contributed by atoms with van der Waals surface area (Å²) in [5, 5.41) is 3.50. The minimum absolute atomic E-state index is 0.130. The number of rotatable bonds is 6. The van der Waals surface area contributed by atoms with Crippen LogP contribution in [0.4, 0.5) is 0 Å². The fourth-order valence-electron chi connectivity index (χ4n) is 1.00. The zero-order valence-corrected chi connectivity index (χ0v) is 10.8. The number of hydrogen-bond acceptors (Lipinski definition) is 2. The van der Waals surface area contributed by atoms with Gasteiger partial charge in [-0.15, -0.1) is 0 Å². The van der Waals surface area contributed by atoms with Crippen LogP contribution in [0.1, 0.15) is 48.0 Å². The van der Waals surface area contributed by atoms with E-state index in [0.29, 0.717) is 0 Å². The molecule has 0 spiro atoms. The topological polar surface area (TPSA) is 38.0 Å². The Morgan fingerprint density at radius 2 is 1.71 bits per heavy atom. The SMILES string of the molecule is CCC(C)CNCC(C)(C)C(C)(C)N. The average molecular weight is 200 g/mol. The van der Waals surface area contributed by atoms with E-state index in [4.69, 9.17) is 5.73 Å². The summed E-state index contributed by atoms with van der Waals surface area (Å²) in [6, 6.07) is 0. The third-order valence-corrected chi connectivity index (χ3v) is 3.50. The van der Waals surface area contributed by atoms with E-state index in [9.17, 15) is 0 Å². The third-order valence-electron chi connectivity index (χ3n) is 3.50. The maximum atomic E-state index is 6.12. The molecule has 0 aromatic heterocycles. The predicted octanol–water partition coefficient (Wildman–Crippen LogP) is 2.39. The molecule has 0 saturated heterocycles. The summed E-state index contributed by atoms with van der Waals surface area (Å²) >= 11 is 0. The summed E-state index contributed by atoms with van der Waals surface area (Å²) in [6.45, 7) is 15.2. The van der Waals surface area contributed by atoms with E-state index in [1.807, 2.05) is 0 Å². The van der Waals surface area contributed by atoms with Gasteiger partial charge in [0.25, 0.3) is 0 Å². The summed E-state index contributed by atoms with van der Waals surface area (Å²) in [6.07, 6.45) is 1.24. The van der Waals surface area contributed by atoms with Crippen molar-refractivity contribution in [1.82, 2.24) is 5.32 Å². The summed E-state index contributed by atoms with van der Waals surface area (Å²) in [7, 11) is 0. The van der Waals surface area contributed by atoms with Gasteiger partial charge in [0.15, 0.2) is 0 Å². The van der Waals surface area contributed by atoms with Gasteiger partial charge >= 0.3 is 0 Å². The predicted molar refractivity (Wildman–Crippen MR) is 64.4 cm³/mol. The van der Waals surface area contributed by atoms with Crippen LogP contribution in [0.25, 0.3) is 0 Å². The van der Waals surface area contributed by atoms with E-state index in [-0.39, 0.29) is 11.0 Å². The second-order valence-corrected chi connectivity index (χ2v) is 5.75. The van der Waals surface area contributed by atoms with E-state index >= 15 is 0 Å². The first-order chi connectivity index (χ1) is 6.20. The average Bonchev–Trinajstić information content (AvgIpc) is 2.01. The van der Waals surface area contributed by atoms with Crippen LogP contribution in [-0.2, 0) is 0 Å². The second-order valence-electron chi connectivity index (χ2n) is 5.75. The molecule has 2 nitrogen and oxygen atoms in total. The first-order valence-electron chi connectivity index (χ1n) is 5.70. The summed E-state index contributed by atoms with van der Waals surface area (Å²) in [5.41, 5.74) is 6.13. The molecule has 0 aromatic carbocycles. The lowest BCUT2D eigenvalue weighted by molar-refractivity contribution is 0.192. The molecule has 0 aliphatic carbocycles. The monoisotopic (exact) mass is 200 g/mol. The molecule has 0 rings (SSSR count). The summed E-state index contributed by atoms with van der Waals surface area (Å²) in [4.78, 5) is 0. The number of nitrogens with two attached hydrogens (primary N) is 1. The van der Waals surface area contributed by atoms with Crippen LogP contribution in [0.2, 0.25) is 0 Å². The van der Waals surface area contributed by atoms with Crippen LogP contribution < -0.4 is 11.1 Å². The normalized spacial score (nSPS) is 15.6. The van der Waals surface area contributed by atoms with Crippen molar-refractivity contribution in [1.29, 1.82) is 0 Å². The molecule has 0 aliphatic heterocycles. The highest BCUT2D eigenvalue weighted by Gasteiger charge is 2.32. The molecule has 0 amide bonds. The van der Waals surface area contributed by atoms with Gasteiger partial charge in [-0.2, -0.15) is 0 Å². The van der Waals surface area contributed by atoms with Crippen molar-refractivity contribution in [3.8, 4) is 0 Å². The van der Waals surface area contributed by atoms with E-state index in [0.717, 1.165) is 19.0 Å². The Balaban J connectivity index is 3.89. The minimum Gasteiger partial charge on any atom is -0.325 e. The van der Waals surface area contributed by atoms with Gasteiger partial charge in [0.1, 0.15) is 0 Å². The maximum absolute atomic E-state index is 6.12. The zero-order chi connectivity index (χ0) is 11.4. The number of nitrogens with one attached hydrogen (secondary N) is 1. The van der Waals surface area contributed by atoms with Crippen LogP contribution in [0, 0.1) is 11.3 Å². The van der Waals surface area contributed by atoms with Crippen molar-refractivity contribution in [2.75, 3.05) is 13.1 Å². The van der Waals surface area contributed by atoms with Crippen LogP contribution in [0.5, 0.6) is 0 Å². The van der Waals surface area contributed by atoms with E-state index < -0.39 is 0 Å². The molecular weight excluding hydrogens is 172 g/mol. The van der Waals surface area contributed by atoms with Crippen LogP contribution in [-0.4, -0.2) is 18.6 Å². The van der Waals surface area contributed by atoms with Gasteiger partial charge in [0.2, 0.25) is 0 Å². The molecule has 14 heavy (non-hydrogen) atoms. The standard InChI is InChI=1S/C12H28N2/c1-7-10(2)8-14-9-11(3,4)12(5,6)13/h10,14H,7-9,13H2,1-6H3. The summed E-state index contributed by atoms with van der Waals surface area (Å²) < 4.78 is 0. The number of hydrogen-bond donors (Lipinski definition) is 2. The lowest BCUT2D eigenvalue weighted by atomic mass is 9.75. The van der Waals surface area contributed by atoms with Crippen molar-refractivity contribution in [3.05, 3.63) is 0 Å². The Morgan fingerprint density at radius 1 is 1.21 bits per heavy atom. The Morgan fingerprint density at radius 3 is 2.07 bits per heavy atom. The van der Waals surface area contributed by atoms with Gasteiger partial charge in [-0.25, -0.2) is 0 Å². The Labute approximate surface area is 89.6 Å². The van der Waals surface area contributed by atoms with E-state index in [1.54, 1.807) is 0 Å². The van der Waals surface area contributed by atoms with E-state index in [1.165, 1.54) is 6.42 Å². The molecule has 3 N–H and O–H groups in total. The van der Waals surface area contributed by atoms with E-state index in [2.05, 4.69) is 46.9 Å². The third kappa shape index (κ3) is 4.43. The van der Waals surface area contributed by atoms with Gasteiger partial charge in [-0.1, -0.05) is 34.1 Å². The first kappa shape index (κ1) is 13.9. The molecule has 86 valence electrons. The Bertz CT molecular complexity index is 156. The Kier molecular flexibility index (Phi) is 5.10. The van der Waals surface area contributed by atoms with Crippen LogP contribution in [0.15, 0.2) is 0 Å². The summed E-state index contributed by atoms with van der Waals surface area (Å²) in [5.74, 6) is 0.756. The molecule has 0 bridgehead atoms. The first-order valence-corrected chi connectivity index (χ1v) is 5.70. The van der Waals surface area contributed by atoms with Crippen LogP contribution >= 0.6 is 0 Å². The lowest BCUT2D eigenvalue weighted by Crippen LogP contribution is -2.52. The van der Waals surface area contributed by atoms with Crippen LogP contribution in [0.3, 0.4) is 0 Å². The largest absolute Gasteiger partial charge is 0.325 e. The van der Waals surface area contributed by atoms with Crippen molar-refractivity contribution in [2.24, 2.45) is 17.1 Å². The minimum atomic E-state index is -0.130. The van der Waals surface area contributed by atoms with Crippen molar-refractivity contribution < 1.29 is 0 Å². The highest BCUT2D eigenvalue weighted by Crippen LogP contribution is 2.26. The molecule has 2 heteroatoms. The highest BCUT2D eigenvalue weighted by molar-refractivity contribution is 4.91. The molecule has 1 atom stereocenters. The molecule has 0 aromatic rings. The highest BCUT2D eigenvalue weighted by atomic mass is 14.9. The van der Waals surface area contributed by atoms with Crippen molar-refractivity contribution >= 4 is 0 Å². The fourth-order valence-corrected chi connectivity index (χ4v) is 1.00. The molecule has 0 radical (unpaired) electrons. The molecule has 1 unspecified atom stereocenters.